The Balaban J connectivity index is 1.59. The Kier molecular flexibility index (Phi) is 6.26. The Bertz CT molecular complexity index is 1110. The van der Waals surface area contributed by atoms with Crippen LogP contribution in [0.1, 0.15) is 52.6 Å². The number of methoxy groups -OCH3 is 1. The van der Waals surface area contributed by atoms with Gasteiger partial charge in [-0.05, 0) is 67.5 Å². The Labute approximate surface area is 197 Å². The molecule has 0 bridgehead atoms. The van der Waals surface area contributed by atoms with Crippen LogP contribution in [0.25, 0.3) is 5.00 Å². The highest BCUT2D eigenvalue weighted by Gasteiger charge is 2.35. The van der Waals surface area contributed by atoms with Gasteiger partial charge < -0.3 is 19.5 Å². The standard InChI is InChI=1S/C25H28ClN3O2S/c1-31-15-5-13-27-25(30)29-16-20-19-6-2-3-8-22(19)32-24(20)28-14-4-7-21(28)23(29)17-9-11-18(26)12-10-17/h4,7,9-12,14,23H,2-3,5-6,8,13,15-16H2,1H3,(H,27,30). The number of benzene rings is 1. The number of rotatable bonds is 5. The highest BCUT2D eigenvalue weighted by molar-refractivity contribution is 7.15. The van der Waals surface area contributed by atoms with Crippen LogP contribution in [0.5, 0.6) is 0 Å². The zero-order valence-electron chi connectivity index (χ0n) is 18.3. The number of carbonyl (C=O) groups excluding carboxylic acids is 1. The number of nitrogens with zero attached hydrogens (tertiary/aromatic N) is 2. The lowest BCUT2D eigenvalue weighted by atomic mass is 9.95. The van der Waals surface area contributed by atoms with Gasteiger partial charge in [0.05, 0.1) is 18.3 Å². The third kappa shape index (κ3) is 3.96. The van der Waals surface area contributed by atoms with E-state index < -0.39 is 0 Å². The molecule has 0 spiro atoms. The van der Waals surface area contributed by atoms with Gasteiger partial charge in [-0.15, -0.1) is 11.3 Å². The molecular weight excluding hydrogens is 442 g/mol. The molecule has 0 saturated heterocycles. The minimum atomic E-state index is -0.191. The van der Waals surface area contributed by atoms with Crippen LogP contribution in [0, 0.1) is 0 Å². The number of urea groups is 1. The van der Waals surface area contributed by atoms with E-state index in [4.69, 9.17) is 16.3 Å². The highest BCUT2D eigenvalue weighted by Crippen LogP contribution is 2.44. The lowest BCUT2D eigenvalue weighted by Crippen LogP contribution is -2.42. The number of aromatic nitrogens is 1. The Morgan fingerprint density at radius 3 is 2.81 bits per heavy atom. The van der Waals surface area contributed by atoms with Crippen molar-refractivity contribution in [3.63, 3.8) is 0 Å². The predicted molar refractivity (Wildman–Crippen MR) is 129 cm³/mol. The number of nitrogens with one attached hydrogen (secondary N) is 1. The van der Waals surface area contributed by atoms with Gasteiger partial charge in [0, 0.05) is 41.9 Å². The second-order valence-electron chi connectivity index (χ2n) is 8.46. The van der Waals surface area contributed by atoms with Crippen LogP contribution in [0.2, 0.25) is 5.02 Å². The van der Waals surface area contributed by atoms with E-state index in [0.717, 1.165) is 30.5 Å². The molecule has 3 heterocycles. The molecule has 3 aromatic rings. The van der Waals surface area contributed by atoms with Gasteiger partial charge in [0.25, 0.3) is 0 Å². The molecule has 2 aromatic heterocycles. The first-order valence-corrected chi connectivity index (χ1v) is 12.5. The van der Waals surface area contributed by atoms with E-state index in [-0.39, 0.29) is 12.1 Å². The van der Waals surface area contributed by atoms with Crippen molar-refractivity contribution in [3.8, 4) is 5.00 Å². The molecule has 1 aliphatic heterocycles. The summed E-state index contributed by atoms with van der Waals surface area (Å²) in [6.07, 6.45) is 7.65. The Morgan fingerprint density at radius 1 is 1.19 bits per heavy atom. The summed E-state index contributed by atoms with van der Waals surface area (Å²) >= 11 is 8.09. The zero-order valence-corrected chi connectivity index (χ0v) is 19.8. The van der Waals surface area contributed by atoms with Gasteiger partial charge in [-0.25, -0.2) is 4.79 Å². The lowest BCUT2D eigenvalue weighted by molar-refractivity contribution is 0.174. The van der Waals surface area contributed by atoms with Gasteiger partial charge in [-0.1, -0.05) is 23.7 Å². The third-order valence-electron chi connectivity index (χ3n) is 6.43. The molecule has 168 valence electrons. The summed E-state index contributed by atoms with van der Waals surface area (Å²) in [5.41, 5.74) is 4.94. The maximum absolute atomic E-state index is 13.5. The number of carbonyl (C=O) groups is 1. The monoisotopic (exact) mass is 469 g/mol. The molecule has 2 amide bonds. The van der Waals surface area contributed by atoms with Crippen LogP contribution in [-0.4, -0.2) is 35.8 Å². The average molecular weight is 470 g/mol. The summed E-state index contributed by atoms with van der Waals surface area (Å²) in [6.45, 7) is 1.82. The number of aryl methyl sites for hydroxylation is 1. The van der Waals surface area contributed by atoms with E-state index in [0.29, 0.717) is 24.7 Å². The van der Waals surface area contributed by atoms with E-state index in [1.165, 1.54) is 33.8 Å². The van der Waals surface area contributed by atoms with Gasteiger partial charge in [0.15, 0.2) is 0 Å². The molecule has 1 unspecified atom stereocenters. The van der Waals surface area contributed by atoms with Crippen molar-refractivity contribution in [1.29, 1.82) is 0 Å². The van der Waals surface area contributed by atoms with Gasteiger partial charge >= 0.3 is 6.03 Å². The molecule has 0 radical (unpaired) electrons. The van der Waals surface area contributed by atoms with Crippen LogP contribution in [-0.2, 0) is 24.1 Å². The minimum Gasteiger partial charge on any atom is -0.385 e. The number of fused-ring (bicyclic) bond motifs is 5. The molecule has 1 aliphatic carbocycles. The molecule has 5 nitrogen and oxygen atoms in total. The number of thiophene rings is 1. The van der Waals surface area contributed by atoms with E-state index >= 15 is 0 Å². The molecule has 0 fully saturated rings. The fraction of sp³-hybridized carbons (Fsp3) is 0.400. The molecular formula is C25H28ClN3O2S. The van der Waals surface area contributed by atoms with Crippen LogP contribution in [0.3, 0.4) is 0 Å². The average Bonchev–Trinajstić information content (AvgIpc) is 3.39. The minimum absolute atomic E-state index is 0.0441. The van der Waals surface area contributed by atoms with Crippen molar-refractivity contribution >= 4 is 29.0 Å². The molecule has 7 heteroatoms. The van der Waals surface area contributed by atoms with E-state index in [1.54, 1.807) is 7.11 Å². The lowest BCUT2D eigenvalue weighted by Gasteiger charge is -2.31. The number of amides is 2. The first-order valence-electron chi connectivity index (χ1n) is 11.3. The van der Waals surface area contributed by atoms with Crippen molar-refractivity contribution < 1.29 is 9.53 Å². The molecule has 1 atom stereocenters. The van der Waals surface area contributed by atoms with Crippen LogP contribution in [0.15, 0.2) is 42.6 Å². The molecule has 32 heavy (non-hydrogen) atoms. The Morgan fingerprint density at radius 2 is 2.00 bits per heavy atom. The van der Waals surface area contributed by atoms with E-state index in [9.17, 15) is 4.79 Å². The molecule has 2 aliphatic rings. The molecule has 1 N–H and O–H groups in total. The second-order valence-corrected chi connectivity index (χ2v) is 9.98. The van der Waals surface area contributed by atoms with Crippen molar-refractivity contribution in [2.45, 2.75) is 44.7 Å². The summed E-state index contributed by atoms with van der Waals surface area (Å²) in [7, 11) is 1.68. The van der Waals surface area contributed by atoms with Crippen molar-refractivity contribution in [2.24, 2.45) is 0 Å². The normalized spacial score (nSPS) is 17.3. The largest absolute Gasteiger partial charge is 0.385 e. The first-order chi connectivity index (χ1) is 15.7. The summed E-state index contributed by atoms with van der Waals surface area (Å²) in [4.78, 5) is 17.0. The van der Waals surface area contributed by atoms with Crippen molar-refractivity contribution in [1.82, 2.24) is 14.8 Å². The molecule has 5 rings (SSSR count). The SMILES string of the molecule is COCCCNC(=O)N1Cc2c(sc3c2CCCC3)-n2cccc2C1c1ccc(Cl)cc1. The number of ether oxygens (including phenoxy) is 1. The second kappa shape index (κ2) is 9.30. The van der Waals surface area contributed by atoms with E-state index in [2.05, 4.69) is 28.2 Å². The van der Waals surface area contributed by atoms with Crippen molar-refractivity contribution in [2.75, 3.05) is 20.3 Å². The third-order valence-corrected chi connectivity index (χ3v) is 8.01. The molecule has 0 saturated carbocycles. The molecule has 1 aromatic carbocycles. The number of halogens is 1. The van der Waals surface area contributed by atoms with Crippen molar-refractivity contribution in [3.05, 3.63) is 74.9 Å². The van der Waals surface area contributed by atoms with Crippen LogP contribution < -0.4 is 5.32 Å². The van der Waals surface area contributed by atoms with Gasteiger partial charge in [0.1, 0.15) is 5.00 Å². The fourth-order valence-electron chi connectivity index (χ4n) is 4.90. The maximum atomic E-state index is 13.5. The summed E-state index contributed by atoms with van der Waals surface area (Å²) in [6, 6.07) is 11.9. The van der Waals surface area contributed by atoms with Gasteiger partial charge in [-0.2, -0.15) is 0 Å². The van der Waals surface area contributed by atoms with Crippen LogP contribution in [0.4, 0.5) is 4.79 Å². The maximum Gasteiger partial charge on any atom is 0.318 e. The van der Waals surface area contributed by atoms with Gasteiger partial charge in [-0.3, -0.25) is 0 Å². The highest BCUT2D eigenvalue weighted by atomic mass is 35.5. The van der Waals surface area contributed by atoms with Crippen LogP contribution >= 0.6 is 22.9 Å². The summed E-state index contributed by atoms with van der Waals surface area (Å²) in [5, 5.41) is 5.09. The summed E-state index contributed by atoms with van der Waals surface area (Å²) < 4.78 is 7.45. The number of hydrogen-bond acceptors (Lipinski definition) is 3. The number of hydrogen-bond donors (Lipinski definition) is 1. The first kappa shape index (κ1) is 21.6. The smallest absolute Gasteiger partial charge is 0.318 e. The quantitative estimate of drug-likeness (QED) is 0.485. The fourth-order valence-corrected chi connectivity index (χ4v) is 6.43. The van der Waals surface area contributed by atoms with E-state index in [1.807, 2.05) is 40.5 Å². The topological polar surface area (TPSA) is 46.5 Å². The summed E-state index contributed by atoms with van der Waals surface area (Å²) in [5.74, 6) is 0. The predicted octanol–water partition coefficient (Wildman–Crippen LogP) is 5.72. The zero-order chi connectivity index (χ0) is 22.1. The Hall–Kier alpha value is -2.28. The van der Waals surface area contributed by atoms with Gasteiger partial charge in [0.2, 0.25) is 0 Å².